The molecule has 0 atom stereocenters. The third-order valence-electron chi connectivity index (χ3n) is 8.32. The Morgan fingerprint density at radius 2 is 0.828 bits per heavy atom. The lowest BCUT2D eigenvalue weighted by atomic mass is 10.1. The molecule has 0 bridgehead atoms. The second-order valence-electron chi connectivity index (χ2n) is 12.6. The predicted molar refractivity (Wildman–Crippen MR) is 217 cm³/mol. The molecule has 0 saturated heterocycles. The molecule has 0 radical (unpaired) electrons. The van der Waals surface area contributed by atoms with Crippen LogP contribution in [0.1, 0.15) is 43.0 Å². The van der Waals surface area contributed by atoms with Gasteiger partial charge < -0.3 is 10.2 Å². The molecular formula is C42H32N8O7S. The molecule has 3 N–H and O–H groups in total. The average molecular weight is 793 g/mol. The second kappa shape index (κ2) is 17.8. The zero-order chi connectivity index (χ0) is 41.2. The molecule has 0 aliphatic rings. The first-order chi connectivity index (χ1) is 27.8. The van der Waals surface area contributed by atoms with Crippen molar-refractivity contribution in [3.8, 4) is 0 Å². The van der Waals surface area contributed by atoms with Crippen molar-refractivity contribution in [3.63, 3.8) is 0 Å². The van der Waals surface area contributed by atoms with Gasteiger partial charge in [-0.3, -0.25) is 4.55 Å². The fourth-order valence-electron chi connectivity index (χ4n) is 5.21. The predicted octanol–water partition coefficient (Wildman–Crippen LogP) is 12.8. The SMILES string of the molecule is Cc1cc(N=Nc2ccc(C=Cc3ccc(N=Nc4ccc(N=Nc5ccc(C(=O)O)cc5)c(C)c4)cc3S(=O)(=O)O)cc2)ccc1N=Nc1ccc(C(=O)O)cc1. The summed E-state index contributed by atoms with van der Waals surface area (Å²) < 4.78 is 34.7. The first-order valence-corrected chi connectivity index (χ1v) is 18.7. The van der Waals surface area contributed by atoms with Crippen molar-refractivity contribution in [1.82, 2.24) is 0 Å². The summed E-state index contributed by atoms with van der Waals surface area (Å²) in [5.74, 6) is -2.05. The molecule has 16 heteroatoms. The van der Waals surface area contributed by atoms with Gasteiger partial charge in [0, 0.05) is 0 Å². The van der Waals surface area contributed by atoms with Crippen molar-refractivity contribution >= 4 is 79.7 Å². The van der Waals surface area contributed by atoms with Gasteiger partial charge in [0.05, 0.1) is 56.6 Å². The van der Waals surface area contributed by atoms with E-state index in [2.05, 4.69) is 40.9 Å². The van der Waals surface area contributed by atoms with Gasteiger partial charge in [0.1, 0.15) is 4.90 Å². The Balaban J connectivity index is 1.08. The summed E-state index contributed by atoms with van der Waals surface area (Å²) in [6.07, 6.45) is 3.25. The number of aromatic carboxylic acids is 2. The fraction of sp³-hybridized carbons (Fsp3) is 0.0476. The first-order valence-electron chi connectivity index (χ1n) is 17.3. The van der Waals surface area contributed by atoms with Crippen molar-refractivity contribution in [2.45, 2.75) is 18.7 Å². The summed E-state index contributed by atoms with van der Waals surface area (Å²) in [5, 5.41) is 51.9. The van der Waals surface area contributed by atoms with Gasteiger partial charge in [-0.15, -0.1) is 0 Å². The van der Waals surface area contributed by atoms with Gasteiger partial charge in [-0.1, -0.05) is 30.4 Å². The highest BCUT2D eigenvalue weighted by atomic mass is 32.2. The molecule has 0 amide bonds. The van der Waals surface area contributed by atoms with E-state index in [1.165, 1.54) is 36.4 Å². The first kappa shape index (κ1) is 40.0. The average Bonchev–Trinajstić information content (AvgIpc) is 3.21. The van der Waals surface area contributed by atoms with Crippen molar-refractivity contribution in [2.75, 3.05) is 0 Å². The summed E-state index contributed by atoms with van der Waals surface area (Å²) in [4.78, 5) is 21.7. The number of benzene rings is 6. The molecule has 0 aromatic heterocycles. The molecule has 0 unspecified atom stereocenters. The van der Waals surface area contributed by atoms with Crippen LogP contribution in [0.2, 0.25) is 0 Å². The highest BCUT2D eigenvalue weighted by Gasteiger charge is 2.15. The maximum absolute atomic E-state index is 12.3. The molecule has 6 aromatic carbocycles. The molecule has 288 valence electrons. The van der Waals surface area contributed by atoms with Gasteiger partial charge in [0.15, 0.2) is 0 Å². The van der Waals surface area contributed by atoms with Crippen LogP contribution in [-0.4, -0.2) is 35.1 Å². The van der Waals surface area contributed by atoms with Crippen LogP contribution < -0.4 is 0 Å². The van der Waals surface area contributed by atoms with Gasteiger partial charge in [-0.25, -0.2) is 9.59 Å². The van der Waals surface area contributed by atoms with Crippen molar-refractivity contribution < 1.29 is 32.8 Å². The third kappa shape index (κ3) is 10.7. The topological polar surface area (TPSA) is 228 Å². The molecule has 58 heavy (non-hydrogen) atoms. The van der Waals surface area contributed by atoms with Crippen LogP contribution in [0.4, 0.5) is 45.5 Å². The Hall–Kier alpha value is -7.69. The molecule has 0 spiro atoms. The van der Waals surface area contributed by atoms with E-state index >= 15 is 0 Å². The quantitative estimate of drug-likeness (QED) is 0.0581. The van der Waals surface area contributed by atoms with Crippen LogP contribution in [0.15, 0.2) is 173 Å². The number of aryl methyl sites for hydroxylation is 2. The van der Waals surface area contributed by atoms with E-state index in [9.17, 15) is 22.6 Å². The number of carboxylic acids is 2. The van der Waals surface area contributed by atoms with Gasteiger partial charge in [-0.2, -0.15) is 49.3 Å². The largest absolute Gasteiger partial charge is 0.478 e. The Bertz CT molecular complexity index is 2770. The highest BCUT2D eigenvalue weighted by molar-refractivity contribution is 7.86. The molecule has 0 fully saturated rings. The smallest absolute Gasteiger partial charge is 0.335 e. The van der Waals surface area contributed by atoms with Gasteiger partial charge in [-0.05, 0) is 145 Å². The van der Waals surface area contributed by atoms with Crippen LogP contribution in [-0.2, 0) is 10.1 Å². The Morgan fingerprint density at radius 3 is 1.24 bits per heavy atom. The molecule has 0 aliphatic carbocycles. The standard InChI is InChI=1S/C42H32N8O7S/c1-26-23-35(19-21-38(26)49-44-33-14-8-30(9-15-33)41(51)52)46-43-32-12-4-28(5-13-32)3-6-29-7-18-37(25-40(29)58(55,56)57)48-47-36-20-22-39(27(2)24-36)50-45-34-16-10-31(11-17-34)42(53)54/h3-25H,1-2H3,(H,51,52)(H,53,54)(H,55,56,57). The normalized spacial score (nSPS) is 12.1. The van der Waals surface area contributed by atoms with Gasteiger partial charge in [0.25, 0.3) is 10.1 Å². The molecule has 0 heterocycles. The molecule has 15 nitrogen and oxygen atoms in total. The molecular weight excluding hydrogens is 761 g/mol. The van der Waals surface area contributed by atoms with Crippen molar-refractivity contribution in [2.24, 2.45) is 40.9 Å². The zero-order valence-corrected chi connectivity index (χ0v) is 31.6. The minimum Gasteiger partial charge on any atom is -0.478 e. The summed E-state index contributed by atoms with van der Waals surface area (Å²) in [5.41, 5.74) is 6.88. The number of nitrogens with zero attached hydrogens (tertiary/aromatic N) is 8. The molecule has 0 saturated carbocycles. The summed E-state index contributed by atoms with van der Waals surface area (Å²) in [7, 11) is -4.62. The van der Waals surface area contributed by atoms with E-state index in [4.69, 9.17) is 10.2 Å². The van der Waals surface area contributed by atoms with Gasteiger partial charge >= 0.3 is 11.9 Å². The van der Waals surface area contributed by atoms with E-state index in [1.807, 2.05) is 19.9 Å². The number of hydrogen-bond donors (Lipinski definition) is 3. The van der Waals surface area contributed by atoms with E-state index in [1.54, 1.807) is 97.1 Å². The van der Waals surface area contributed by atoms with Crippen molar-refractivity contribution in [3.05, 3.63) is 161 Å². The monoisotopic (exact) mass is 792 g/mol. The van der Waals surface area contributed by atoms with Crippen LogP contribution in [0.25, 0.3) is 12.2 Å². The molecule has 6 aromatic rings. The van der Waals surface area contributed by atoms with E-state index < -0.39 is 22.1 Å². The Labute approximate surface area is 332 Å². The number of rotatable bonds is 13. The Kier molecular flexibility index (Phi) is 12.3. The lowest BCUT2D eigenvalue weighted by Gasteiger charge is -2.05. The number of azo groups is 4. The Morgan fingerprint density at radius 1 is 0.466 bits per heavy atom. The number of hydrogen-bond acceptors (Lipinski definition) is 12. The van der Waals surface area contributed by atoms with Gasteiger partial charge in [0.2, 0.25) is 0 Å². The minimum absolute atomic E-state index is 0.146. The third-order valence-corrected chi connectivity index (χ3v) is 9.23. The molecule has 0 aliphatic heterocycles. The fourth-order valence-corrected chi connectivity index (χ4v) is 5.91. The number of carbonyl (C=O) groups is 2. The summed E-state index contributed by atoms with van der Waals surface area (Å²) in [6.45, 7) is 3.67. The summed E-state index contributed by atoms with van der Waals surface area (Å²) >= 11 is 0. The van der Waals surface area contributed by atoms with E-state index in [-0.39, 0.29) is 27.3 Å². The highest BCUT2D eigenvalue weighted by Crippen LogP contribution is 2.31. The minimum atomic E-state index is -4.62. The van der Waals surface area contributed by atoms with Crippen LogP contribution in [0.3, 0.4) is 0 Å². The lowest BCUT2D eigenvalue weighted by Crippen LogP contribution is -2.00. The second-order valence-corrected chi connectivity index (χ2v) is 14.0. The van der Waals surface area contributed by atoms with Crippen molar-refractivity contribution in [1.29, 1.82) is 0 Å². The van der Waals surface area contributed by atoms with E-state index in [0.29, 0.717) is 39.8 Å². The number of carboxylic acid groups (broad SMARTS) is 2. The lowest BCUT2D eigenvalue weighted by molar-refractivity contribution is 0.0686. The summed E-state index contributed by atoms with van der Waals surface area (Å²) in [6, 6.07) is 33.8. The molecule has 6 rings (SSSR count). The zero-order valence-electron chi connectivity index (χ0n) is 30.7. The maximum atomic E-state index is 12.3. The van der Waals surface area contributed by atoms with Crippen LogP contribution in [0.5, 0.6) is 0 Å². The van der Waals surface area contributed by atoms with E-state index in [0.717, 1.165) is 16.7 Å². The van der Waals surface area contributed by atoms with Crippen LogP contribution >= 0.6 is 0 Å². The maximum Gasteiger partial charge on any atom is 0.335 e. The van der Waals surface area contributed by atoms with Crippen LogP contribution in [0, 0.1) is 13.8 Å².